The van der Waals surface area contributed by atoms with Gasteiger partial charge < -0.3 is 15.8 Å². The molecule has 0 atom stereocenters. The lowest BCUT2D eigenvalue weighted by atomic mass is 9.92. The second-order valence-corrected chi connectivity index (χ2v) is 6.95. The zero-order valence-electron chi connectivity index (χ0n) is 14.3. The Balaban J connectivity index is 1.57. The van der Waals surface area contributed by atoms with Crippen molar-refractivity contribution < 1.29 is 9.13 Å². The molecule has 2 aliphatic carbocycles. The summed E-state index contributed by atoms with van der Waals surface area (Å²) in [7, 11) is 1.78. The summed E-state index contributed by atoms with van der Waals surface area (Å²) in [6, 6.07) is 0.550. The van der Waals surface area contributed by atoms with Crippen LogP contribution in [0.2, 0.25) is 0 Å². The third kappa shape index (κ3) is 3.58. The van der Waals surface area contributed by atoms with E-state index in [1.54, 1.807) is 17.9 Å². The van der Waals surface area contributed by atoms with Gasteiger partial charge in [0.05, 0.1) is 18.0 Å². The van der Waals surface area contributed by atoms with Crippen molar-refractivity contribution in [2.24, 2.45) is 12.8 Å². The minimum Gasteiger partial charge on any atom is -0.474 e. The Hall–Kier alpha value is -2.22. The fourth-order valence-corrected chi connectivity index (χ4v) is 3.14. The van der Waals surface area contributed by atoms with Crippen molar-refractivity contribution >= 4 is 5.95 Å². The molecule has 0 bridgehead atoms. The Bertz CT molecular complexity index is 752. The predicted octanol–water partition coefficient (Wildman–Crippen LogP) is 2.24. The third-order valence-electron chi connectivity index (χ3n) is 4.79. The molecule has 0 amide bonds. The van der Waals surface area contributed by atoms with Gasteiger partial charge in [-0.05, 0) is 38.5 Å². The molecule has 7 nitrogen and oxygen atoms in total. The fraction of sp³-hybridized carbons (Fsp3) is 0.588. The van der Waals surface area contributed by atoms with Crippen LogP contribution >= 0.6 is 0 Å². The molecule has 0 aliphatic heterocycles. The molecule has 2 aromatic heterocycles. The molecule has 3 N–H and O–H groups in total. The second kappa shape index (κ2) is 6.59. The van der Waals surface area contributed by atoms with Crippen molar-refractivity contribution in [1.82, 2.24) is 19.7 Å². The van der Waals surface area contributed by atoms with Crippen LogP contribution in [0.25, 0.3) is 11.3 Å². The first-order valence-corrected chi connectivity index (χ1v) is 8.84. The lowest BCUT2D eigenvalue weighted by Gasteiger charge is -2.26. The van der Waals surface area contributed by atoms with Crippen molar-refractivity contribution in [2.45, 2.75) is 56.7 Å². The van der Waals surface area contributed by atoms with E-state index >= 15 is 0 Å². The van der Waals surface area contributed by atoms with Gasteiger partial charge in [-0.1, -0.05) is 0 Å². The maximum Gasteiger partial charge on any atom is 0.223 e. The van der Waals surface area contributed by atoms with E-state index in [0.717, 1.165) is 38.5 Å². The van der Waals surface area contributed by atoms with Gasteiger partial charge in [-0.2, -0.15) is 5.10 Å². The van der Waals surface area contributed by atoms with Gasteiger partial charge in [0.1, 0.15) is 11.8 Å². The van der Waals surface area contributed by atoms with Crippen LogP contribution in [-0.4, -0.2) is 37.9 Å². The van der Waals surface area contributed by atoms with Crippen LogP contribution in [0.15, 0.2) is 12.4 Å². The van der Waals surface area contributed by atoms with Gasteiger partial charge in [-0.3, -0.25) is 0 Å². The van der Waals surface area contributed by atoms with Crippen molar-refractivity contribution in [3.63, 3.8) is 0 Å². The standard InChI is InChI=1S/C17H23FN6O/c1-24-16(25-12-6-7-12)13(8-21-24)15-14(18)9-20-17(23-15)22-11-4-2-10(19)3-5-11/h8-12H,2-7,19H2,1H3,(H,20,22,23)/t10-,11-. The van der Waals surface area contributed by atoms with Crippen molar-refractivity contribution in [1.29, 1.82) is 0 Å². The summed E-state index contributed by atoms with van der Waals surface area (Å²) in [5.74, 6) is 0.498. The van der Waals surface area contributed by atoms with E-state index in [9.17, 15) is 4.39 Å². The number of nitrogens with two attached hydrogens (primary N) is 1. The van der Waals surface area contributed by atoms with Gasteiger partial charge in [-0.15, -0.1) is 0 Å². The summed E-state index contributed by atoms with van der Waals surface area (Å²) in [6.45, 7) is 0. The van der Waals surface area contributed by atoms with Crippen LogP contribution in [0.4, 0.5) is 10.3 Å². The minimum atomic E-state index is -0.482. The molecule has 0 spiro atoms. The smallest absolute Gasteiger partial charge is 0.223 e. The first kappa shape index (κ1) is 16.3. The Kier molecular flexibility index (Phi) is 4.29. The molecule has 2 heterocycles. The maximum absolute atomic E-state index is 14.4. The average molecular weight is 346 g/mol. The molecule has 0 unspecified atom stereocenters. The first-order valence-electron chi connectivity index (χ1n) is 8.84. The number of rotatable bonds is 5. The molecule has 4 rings (SSSR count). The Morgan fingerprint density at radius 1 is 1.20 bits per heavy atom. The molecule has 2 aliphatic rings. The number of ether oxygens (including phenoxy) is 1. The number of hydrogen-bond acceptors (Lipinski definition) is 6. The molecule has 0 saturated heterocycles. The van der Waals surface area contributed by atoms with Gasteiger partial charge in [0.15, 0.2) is 5.82 Å². The highest BCUT2D eigenvalue weighted by molar-refractivity contribution is 5.66. The summed E-state index contributed by atoms with van der Waals surface area (Å²) >= 11 is 0. The summed E-state index contributed by atoms with van der Waals surface area (Å²) < 4.78 is 21.9. The van der Waals surface area contributed by atoms with E-state index in [-0.39, 0.29) is 23.9 Å². The highest BCUT2D eigenvalue weighted by atomic mass is 19.1. The zero-order valence-corrected chi connectivity index (χ0v) is 14.3. The molecular formula is C17H23FN6O. The van der Waals surface area contributed by atoms with Crippen LogP contribution in [0.3, 0.4) is 0 Å². The number of aromatic nitrogens is 4. The average Bonchev–Trinajstić information content (AvgIpc) is 3.35. The summed E-state index contributed by atoms with van der Waals surface area (Å²) in [5, 5.41) is 7.50. The van der Waals surface area contributed by atoms with Crippen LogP contribution in [0, 0.1) is 5.82 Å². The number of aryl methyl sites for hydroxylation is 1. The molecule has 2 aromatic rings. The van der Waals surface area contributed by atoms with Gasteiger partial charge in [0, 0.05) is 19.1 Å². The molecular weight excluding hydrogens is 323 g/mol. The van der Waals surface area contributed by atoms with E-state index in [4.69, 9.17) is 10.5 Å². The first-order chi connectivity index (χ1) is 12.1. The van der Waals surface area contributed by atoms with E-state index in [2.05, 4.69) is 20.4 Å². The lowest BCUT2D eigenvalue weighted by molar-refractivity contribution is 0.277. The SMILES string of the molecule is Cn1ncc(-c2nc(N[C@H]3CC[C@H](N)CC3)ncc2F)c1OC1CC1. The summed E-state index contributed by atoms with van der Waals surface area (Å²) in [4.78, 5) is 8.49. The number of hydrogen-bond donors (Lipinski definition) is 2. The van der Waals surface area contributed by atoms with E-state index < -0.39 is 5.82 Å². The lowest BCUT2D eigenvalue weighted by Crippen LogP contribution is -2.33. The van der Waals surface area contributed by atoms with Gasteiger partial charge >= 0.3 is 0 Å². The van der Waals surface area contributed by atoms with Crippen molar-refractivity contribution in [2.75, 3.05) is 5.32 Å². The quantitative estimate of drug-likeness (QED) is 0.863. The van der Waals surface area contributed by atoms with Crippen LogP contribution in [0.1, 0.15) is 38.5 Å². The molecule has 0 radical (unpaired) electrons. The molecule has 25 heavy (non-hydrogen) atoms. The second-order valence-electron chi connectivity index (χ2n) is 6.95. The molecule has 8 heteroatoms. The monoisotopic (exact) mass is 346 g/mol. The third-order valence-corrected chi connectivity index (χ3v) is 4.79. The topological polar surface area (TPSA) is 90.9 Å². The Morgan fingerprint density at radius 3 is 2.68 bits per heavy atom. The maximum atomic E-state index is 14.4. The van der Waals surface area contributed by atoms with Gasteiger partial charge in [-0.25, -0.2) is 19.0 Å². The van der Waals surface area contributed by atoms with E-state index in [1.807, 2.05) is 0 Å². The fourth-order valence-electron chi connectivity index (χ4n) is 3.14. The summed E-state index contributed by atoms with van der Waals surface area (Å²) in [5.41, 5.74) is 6.72. The molecule has 0 aromatic carbocycles. The number of nitrogens with zero attached hydrogens (tertiary/aromatic N) is 4. The van der Waals surface area contributed by atoms with Gasteiger partial charge in [0.25, 0.3) is 0 Å². The highest BCUT2D eigenvalue weighted by Gasteiger charge is 2.28. The Morgan fingerprint density at radius 2 is 1.96 bits per heavy atom. The number of halogens is 1. The van der Waals surface area contributed by atoms with E-state index in [0.29, 0.717) is 17.4 Å². The number of nitrogens with one attached hydrogen (secondary N) is 1. The minimum absolute atomic E-state index is 0.197. The van der Waals surface area contributed by atoms with Crippen LogP contribution < -0.4 is 15.8 Å². The summed E-state index contributed by atoms with van der Waals surface area (Å²) in [6.07, 6.45) is 8.94. The van der Waals surface area contributed by atoms with Gasteiger partial charge in [0.2, 0.25) is 11.8 Å². The van der Waals surface area contributed by atoms with E-state index in [1.165, 1.54) is 6.20 Å². The molecule has 2 fully saturated rings. The molecule has 134 valence electrons. The largest absolute Gasteiger partial charge is 0.474 e. The van der Waals surface area contributed by atoms with Crippen LogP contribution in [-0.2, 0) is 7.05 Å². The zero-order chi connectivity index (χ0) is 17.4. The molecule has 2 saturated carbocycles. The number of anilines is 1. The Labute approximate surface area is 145 Å². The highest BCUT2D eigenvalue weighted by Crippen LogP contribution is 2.35. The normalized spacial score (nSPS) is 23.5. The predicted molar refractivity (Wildman–Crippen MR) is 91.7 cm³/mol. The van der Waals surface area contributed by atoms with Crippen LogP contribution in [0.5, 0.6) is 5.88 Å². The van der Waals surface area contributed by atoms with Crippen molar-refractivity contribution in [3.05, 3.63) is 18.2 Å². The van der Waals surface area contributed by atoms with Crippen molar-refractivity contribution in [3.8, 4) is 17.1 Å².